The number of rotatable bonds is 6. The van der Waals surface area contributed by atoms with Crippen molar-refractivity contribution in [3.05, 3.63) is 14.7 Å². The zero-order chi connectivity index (χ0) is 14.6. The Kier molecular flexibility index (Phi) is 5.93. The number of ether oxygens (including phenoxy) is 1. The molecule has 1 aromatic heterocycles. The van der Waals surface area contributed by atoms with Crippen LogP contribution in [-0.2, 0) is 14.8 Å². The first-order valence-electron chi connectivity index (χ1n) is 5.38. The second-order valence-electron chi connectivity index (χ2n) is 3.71. The molecule has 0 atom stereocenters. The second kappa shape index (κ2) is 6.80. The van der Waals surface area contributed by atoms with Gasteiger partial charge in [-0.2, -0.15) is 0 Å². The molecule has 2 N–H and O–H groups in total. The molecular weight excluding hydrogens is 356 g/mol. The van der Waals surface area contributed by atoms with Gasteiger partial charge in [-0.15, -0.1) is 11.3 Å². The molecule has 19 heavy (non-hydrogen) atoms. The van der Waals surface area contributed by atoms with Crippen LogP contribution in [0.4, 0.5) is 0 Å². The van der Waals surface area contributed by atoms with Crippen molar-refractivity contribution in [1.29, 1.82) is 0 Å². The summed E-state index contributed by atoms with van der Waals surface area (Å²) in [6.45, 7) is 0.743. The molecular formula is C10H15BrN2O4S2. The third-order valence-corrected chi connectivity index (χ3v) is 6.50. The molecule has 0 saturated carbocycles. The molecule has 1 aromatic rings. The molecule has 9 heteroatoms. The van der Waals surface area contributed by atoms with Crippen LogP contribution in [0.2, 0.25) is 0 Å². The highest BCUT2D eigenvalue weighted by molar-refractivity contribution is 9.11. The number of nitrogens with two attached hydrogens (primary N) is 1. The molecule has 0 unspecified atom stereocenters. The number of sulfonamides is 1. The highest BCUT2D eigenvalue weighted by Gasteiger charge is 2.27. The van der Waals surface area contributed by atoms with E-state index in [0.717, 1.165) is 11.3 Å². The summed E-state index contributed by atoms with van der Waals surface area (Å²) in [7, 11) is -0.903. The van der Waals surface area contributed by atoms with E-state index in [9.17, 15) is 13.2 Å². The number of thiophene rings is 1. The minimum absolute atomic E-state index is 0.0671. The smallest absolute Gasteiger partial charge is 0.348 e. The van der Waals surface area contributed by atoms with Crippen molar-refractivity contribution < 1.29 is 17.9 Å². The Bertz CT molecular complexity index is 556. The number of nitrogens with zero attached hydrogens (tertiary/aromatic N) is 1. The predicted octanol–water partition coefficient (Wildman–Crippen LogP) is 1.27. The summed E-state index contributed by atoms with van der Waals surface area (Å²) in [6, 6.07) is 1.31. The minimum Gasteiger partial charge on any atom is -0.465 e. The molecule has 0 aliphatic rings. The van der Waals surface area contributed by atoms with Crippen LogP contribution in [0.5, 0.6) is 0 Å². The third kappa shape index (κ3) is 3.76. The lowest BCUT2D eigenvalue weighted by molar-refractivity contribution is 0.0606. The Balaban J connectivity index is 3.08. The van der Waals surface area contributed by atoms with Gasteiger partial charge in [0.2, 0.25) is 10.0 Å². The molecule has 0 fully saturated rings. The van der Waals surface area contributed by atoms with Crippen LogP contribution in [0.15, 0.2) is 14.7 Å². The van der Waals surface area contributed by atoms with E-state index < -0.39 is 16.0 Å². The van der Waals surface area contributed by atoms with Crippen LogP contribution in [0.3, 0.4) is 0 Å². The van der Waals surface area contributed by atoms with Crippen molar-refractivity contribution in [2.24, 2.45) is 5.73 Å². The average Bonchev–Trinajstić information content (AvgIpc) is 2.77. The van der Waals surface area contributed by atoms with Gasteiger partial charge in [0.05, 0.1) is 10.9 Å². The predicted molar refractivity (Wildman–Crippen MR) is 76.8 cm³/mol. The first-order chi connectivity index (χ1) is 8.84. The lowest BCUT2D eigenvalue weighted by Gasteiger charge is -2.15. The summed E-state index contributed by atoms with van der Waals surface area (Å²) < 4.78 is 30.8. The van der Waals surface area contributed by atoms with Gasteiger partial charge in [-0.3, -0.25) is 0 Å². The van der Waals surface area contributed by atoms with E-state index >= 15 is 0 Å². The summed E-state index contributed by atoms with van der Waals surface area (Å²) in [5.41, 5.74) is 5.36. The zero-order valence-electron chi connectivity index (χ0n) is 10.6. The Labute approximate surface area is 124 Å². The monoisotopic (exact) mass is 370 g/mol. The SMILES string of the molecule is COC(=O)c1cc(S(=O)(=O)N(C)CCCN)c(Br)s1. The summed E-state index contributed by atoms with van der Waals surface area (Å²) >= 11 is 4.19. The van der Waals surface area contributed by atoms with E-state index in [1.54, 1.807) is 0 Å². The summed E-state index contributed by atoms with van der Waals surface area (Å²) in [5.74, 6) is -0.559. The maximum atomic E-state index is 12.3. The maximum Gasteiger partial charge on any atom is 0.348 e. The fraction of sp³-hybridized carbons (Fsp3) is 0.500. The molecule has 0 aliphatic carbocycles. The minimum atomic E-state index is -3.63. The van der Waals surface area contributed by atoms with Gasteiger partial charge in [-0.1, -0.05) is 0 Å². The number of carbonyl (C=O) groups is 1. The van der Waals surface area contributed by atoms with Gasteiger partial charge < -0.3 is 10.5 Å². The van der Waals surface area contributed by atoms with E-state index in [4.69, 9.17) is 5.73 Å². The highest BCUT2D eigenvalue weighted by Crippen LogP contribution is 2.33. The average molecular weight is 371 g/mol. The fourth-order valence-corrected chi connectivity index (χ4v) is 4.97. The number of hydrogen-bond acceptors (Lipinski definition) is 6. The van der Waals surface area contributed by atoms with E-state index in [1.165, 1.54) is 24.5 Å². The van der Waals surface area contributed by atoms with Crippen LogP contribution < -0.4 is 5.73 Å². The first kappa shape index (κ1) is 16.6. The molecule has 0 saturated heterocycles. The molecule has 1 rings (SSSR count). The van der Waals surface area contributed by atoms with E-state index in [2.05, 4.69) is 20.7 Å². The number of hydrogen-bond donors (Lipinski definition) is 1. The molecule has 0 bridgehead atoms. The van der Waals surface area contributed by atoms with Crippen molar-refractivity contribution in [3.8, 4) is 0 Å². The largest absolute Gasteiger partial charge is 0.465 e. The van der Waals surface area contributed by atoms with E-state index in [0.29, 0.717) is 23.3 Å². The van der Waals surface area contributed by atoms with Crippen molar-refractivity contribution >= 4 is 43.3 Å². The summed E-state index contributed by atoms with van der Waals surface area (Å²) in [4.78, 5) is 11.7. The Morgan fingerprint density at radius 1 is 1.58 bits per heavy atom. The summed E-state index contributed by atoms with van der Waals surface area (Å²) in [6.07, 6.45) is 0.571. The van der Waals surface area contributed by atoms with Crippen LogP contribution in [0.1, 0.15) is 16.1 Å². The lowest BCUT2D eigenvalue weighted by Crippen LogP contribution is -2.29. The fourth-order valence-electron chi connectivity index (χ4n) is 1.33. The molecule has 0 amide bonds. The molecule has 0 spiro atoms. The van der Waals surface area contributed by atoms with Crippen molar-refractivity contribution in [2.75, 3.05) is 27.2 Å². The van der Waals surface area contributed by atoms with Gasteiger partial charge >= 0.3 is 5.97 Å². The molecule has 0 aliphatic heterocycles. The lowest BCUT2D eigenvalue weighted by atomic mass is 10.4. The van der Waals surface area contributed by atoms with Gasteiger partial charge in [0.15, 0.2) is 0 Å². The van der Waals surface area contributed by atoms with Crippen LogP contribution in [0, 0.1) is 0 Å². The first-order valence-corrected chi connectivity index (χ1v) is 8.43. The van der Waals surface area contributed by atoms with Crippen molar-refractivity contribution in [2.45, 2.75) is 11.3 Å². The molecule has 1 heterocycles. The number of carbonyl (C=O) groups excluding carboxylic acids is 1. The van der Waals surface area contributed by atoms with E-state index in [-0.39, 0.29) is 9.77 Å². The zero-order valence-corrected chi connectivity index (χ0v) is 13.8. The number of halogens is 1. The van der Waals surface area contributed by atoms with Crippen molar-refractivity contribution in [3.63, 3.8) is 0 Å². The van der Waals surface area contributed by atoms with Crippen LogP contribution in [0.25, 0.3) is 0 Å². The summed E-state index contributed by atoms with van der Waals surface area (Å²) in [5, 5.41) is 0. The molecule has 0 aromatic carbocycles. The quantitative estimate of drug-likeness (QED) is 0.761. The van der Waals surface area contributed by atoms with Crippen molar-refractivity contribution in [1.82, 2.24) is 4.31 Å². The molecule has 108 valence electrons. The van der Waals surface area contributed by atoms with Gasteiger partial charge in [0, 0.05) is 13.6 Å². The number of methoxy groups -OCH3 is 1. The van der Waals surface area contributed by atoms with Gasteiger partial charge in [-0.25, -0.2) is 17.5 Å². The third-order valence-electron chi connectivity index (χ3n) is 2.41. The Morgan fingerprint density at radius 3 is 2.74 bits per heavy atom. The number of esters is 1. The second-order valence-corrected chi connectivity index (χ2v) is 8.09. The normalized spacial score (nSPS) is 11.8. The standard InChI is InChI=1S/C10H15BrN2O4S2/c1-13(5-3-4-12)19(15,16)8-6-7(10(14)17-2)18-9(8)11/h6H,3-5,12H2,1-2H3. The highest BCUT2D eigenvalue weighted by atomic mass is 79.9. The topological polar surface area (TPSA) is 89.7 Å². The Morgan fingerprint density at radius 2 is 2.21 bits per heavy atom. The maximum absolute atomic E-state index is 12.3. The van der Waals surface area contributed by atoms with E-state index in [1.807, 2.05) is 0 Å². The van der Waals surface area contributed by atoms with Gasteiger partial charge in [0.1, 0.15) is 9.77 Å². The van der Waals surface area contributed by atoms with Crippen LogP contribution >= 0.6 is 27.3 Å². The Hall–Kier alpha value is -0.480. The molecule has 0 radical (unpaired) electrons. The van der Waals surface area contributed by atoms with Gasteiger partial charge in [0.25, 0.3) is 0 Å². The van der Waals surface area contributed by atoms with Crippen LogP contribution in [-0.4, -0.2) is 45.9 Å². The van der Waals surface area contributed by atoms with Gasteiger partial charge in [-0.05, 0) is 35.0 Å². The molecule has 6 nitrogen and oxygen atoms in total.